The maximum absolute atomic E-state index is 13.7. The molecule has 13 heteroatoms. The number of aromatic nitrogens is 3. The van der Waals surface area contributed by atoms with Gasteiger partial charge >= 0.3 is 0 Å². The van der Waals surface area contributed by atoms with Crippen LogP contribution in [0.4, 0.5) is 10.1 Å². The van der Waals surface area contributed by atoms with E-state index in [2.05, 4.69) is 26.3 Å². The molecule has 3 heterocycles. The second kappa shape index (κ2) is 10.8. The largest absolute Gasteiger partial charge is 0.455 e. The third-order valence-electron chi connectivity index (χ3n) is 7.15. The molecule has 10 nitrogen and oxygen atoms in total. The number of rotatable bonds is 6. The molecule has 0 radical (unpaired) electrons. The molecule has 1 amide bonds. The smallest absolute Gasteiger partial charge is 0.255 e. The Bertz CT molecular complexity index is 2270. The number of nitrogens with zero attached hydrogens (tertiary/aromatic N) is 4. The SMILES string of the molecule is CNC(=O)c1c(-c2ccc(F)cc2)oc2cc(N(C)S(C)(=O)=O)c(-c3cc(C#N)cc(-c4nc5ncc(Cl)cc5[nH]4)c3)cc12. The number of pyridine rings is 1. The number of anilines is 1. The van der Waals surface area contributed by atoms with Gasteiger partial charge in [0, 0.05) is 48.4 Å². The van der Waals surface area contributed by atoms with Crippen LogP contribution in [-0.4, -0.2) is 49.6 Å². The third-order valence-corrected chi connectivity index (χ3v) is 8.55. The van der Waals surface area contributed by atoms with Crippen LogP contribution < -0.4 is 9.62 Å². The molecule has 0 spiro atoms. The topological polar surface area (TPSA) is 145 Å². The van der Waals surface area contributed by atoms with E-state index in [9.17, 15) is 22.9 Å². The number of halogens is 2. The van der Waals surface area contributed by atoms with Crippen LogP contribution in [0.1, 0.15) is 15.9 Å². The number of H-pyrrole nitrogens is 1. The summed E-state index contributed by atoms with van der Waals surface area (Å²) in [5, 5.41) is 13.3. The van der Waals surface area contributed by atoms with E-state index < -0.39 is 21.7 Å². The van der Waals surface area contributed by atoms with Gasteiger partial charge in [0.05, 0.1) is 39.7 Å². The molecule has 44 heavy (non-hydrogen) atoms. The molecule has 0 atom stereocenters. The van der Waals surface area contributed by atoms with E-state index in [-0.39, 0.29) is 28.2 Å². The molecule has 0 saturated heterocycles. The van der Waals surface area contributed by atoms with Gasteiger partial charge in [-0.2, -0.15) is 5.26 Å². The molecule has 0 bridgehead atoms. The zero-order valence-electron chi connectivity index (χ0n) is 23.4. The molecule has 2 N–H and O–H groups in total. The van der Waals surface area contributed by atoms with Crippen molar-refractivity contribution in [3.05, 3.63) is 88.8 Å². The summed E-state index contributed by atoms with van der Waals surface area (Å²) in [6.45, 7) is 0. The number of aromatic amines is 1. The number of imidazole rings is 1. The lowest BCUT2D eigenvalue weighted by atomic mass is 9.95. The molecule has 6 aromatic rings. The molecule has 0 fully saturated rings. The first kappa shape index (κ1) is 28.9. The fraction of sp³-hybridized carbons (Fsp3) is 0.0968. The number of sulfonamides is 1. The van der Waals surface area contributed by atoms with Gasteiger partial charge in [-0.3, -0.25) is 9.10 Å². The summed E-state index contributed by atoms with van der Waals surface area (Å²) in [7, 11) is -0.901. The molecule has 0 unspecified atom stereocenters. The maximum Gasteiger partial charge on any atom is 0.255 e. The Labute approximate surface area is 255 Å². The molecular formula is C31H22ClFN6O4S. The van der Waals surface area contributed by atoms with Crippen molar-refractivity contribution >= 4 is 55.4 Å². The van der Waals surface area contributed by atoms with Crippen molar-refractivity contribution in [3.63, 3.8) is 0 Å². The highest BCUT2D eigenvalue weighted by atomic mass is 35.5. The van der Waals surface area contributed by atoms with Crippen LogP contribution >= 0.6 is 11.6 Å². The molecule has 6 rings (SSSR count). The minimum Gasteiger partial charge on any atom is -0.455 e. The number of furan rings is 1. The Hall–Kier alpha value is -5.25. The van der Waals surface area contributed by atoms with Gasteiger partial charge in [-0.05, 0) is 60.2 Å². The van der Waals surface area contributed by atoms with E-state index in [4.69, 9.17) is 16.0 Å². The quantitative estimate of drug-likeness (QED) is 0.226. The van der Waals surface area contributed by atoms with Gasteiger partial charge in [-0.25, -0.2) is 22.8 Å². The van der Waals surface area contributed by atoms with E-state index in [0.717, 1.165) is 10.6 Å². The summed E-state index contributed by atoms with van der Waals surface area (Å²) < 4.78 is 46.5. The normalized spacial score (nSPS) is 11.5. The van der Waals surface area contributed by atoms with E-state index in [0.29, 0.717) is 49.7 Å². The van der Waals surface area contributed by atoms with Gasteiger partial charge in [0.25, 0.3) is 5.91 Å². The molecule has 0 aliphatic rings. The predicted molar refractivity (Wildman–Crippen MR) is 166 cm³/mol. The van der Waals surface area contributed by atoms with Gasteiger partial charge in [-0.15, -0.1) is 0 Å². The second-order valence-corrected chi connectivity index (χ2v) is 12.5. The molecular weight excluding hydrogens is 607 g/mol. The lowest BCUT2D eigenvalue weighted by Gasteiger charge is -2.21. The first-order chi connectivity index (χ1) is 21.0. The van der Waals surface area contributed by atoms with Crippen molar-refractivity contribution in [2.45, 2.75) is 0 Å². The highest BCUT2D eigenvalue weighted by molar-refractivity contribution is 7.92. The van der Waals surface area contributed by atoms with E-state index in [1.807, 2.05) is 0 Å². The average molecular weight is 629 g/mol. The van der Waals surface area contributed by atoms with E-state index in [1.54, 1.807) is 30.3 Å². The number of nitrogens with one attached hydrogen (secondary N) is 2. The first-order valence-corrected chi connectivity index (χ1v) is 15.3. The second-order valence-electron chi connectivity index (χ2n) is 10.0. The number of hydrogen-bond donors (Lipinski definition) is 2. The Kier molecular flexibility index (Phi) is 7.07. The molecule has 0 aliphatic heterocycles. The van der Waals surface area contributed by atoms with Crippen molar-refractivity contribution in [3.8, 4) is 39.9 Å². The Morgan fingerprint density at radius 3 is 2.50 bits per heavy atom. The number of carbonyl (C=O) groups is 1. The lowest BCUT2D eigenvalue weighted by molar-refractivity contribution is 0.0964. The standard InChI is InChI=1S/C31H22ClFN6O4S/c1-35-31(40)27-23-12-22(18-8-16(14-34)9-19(10-18)29-37-24-11-20(32)15-36-30(24)38-29)25(39(2)44(3,41)42)13-26(23)43-28(27)17-4-6-21(33)7-5-17/h4-13,15H,1-3H3,(H,35,40)(H,36,37,38). The summed E-state index contributed by atoms with van der Waals surface area (Å²) in [6, 6.07) is 17.5. The van der Waals surface area contributed by atoms with Crippen molar-refractivity contribution in [1.82, 2.24) is 20.3 Å². The fourth-order valence-corrected chi connectivity index (χ4v) is 5.62. The third kappa shape index (κ3) is 5.12. The van der Waals surface area contributed by atoms with Crippen LogP contribution in [0.3, 0.4) is 0 Å². The van der Waals surface area contributed by atoms with Crippen LogP contribution in [0.2, 0.25) is 5.02 Å². The van der Waals surface area contributed by atoms with Crippen LogP contribution in [0.25, 0.3) is 56.0 Å². The zero-order valence-corrected chi connectivity index (χ0v) is 25.0. The van der Waals surface area contributed by atoms with Crippen LogP contribution in [-0.2, 0) is 10.0 Å². The van der Waals surface area contributed by atoms with Crippen molar-refractivity contribution in [2.24, 2.45) is 0 Å². The maximum atomic E-state index is 13.7. The number of amides is 1. The monoisotopic (exact) mass is 628 g/mol. The number of benzene rings is 3. The number of fused-ring (bicyclic) bond motifs is 2. The number of hydrogen-bond acceptors (Lipinski definition) is 7. The van der Waals surface area contributed by atoms with Crippen LogP contribution in [0.15, 0.2) is 71.3 Å². The average Bonchev–Trinajstić information content (AvgIpc) is 3.60. The number of nitriles is 1. The predicted octanol–water partition coefficient (Wildman–Crippen LogP) is 6.12. The fourth-order valence-electron chi connectivity index (χ4n) is 4.95. The van der Waals surface area contributed by atoms with E-state index >= 15 is 0 Å². The van der Waals surface area contributed by atoms with Crippen molar-refractivity contribution < 1.29 is 22.0 Å². The molecule has 220 valence electrons. The van der Waals surface area contributed by atoms with Gasteiger partial charge in [0.2, 0.25) is 10.0 Å². The minimum absolute atomic E-state index is 0.181. The van der Waals surface area contributed by atoms with Gasteiger partial charge in [0.1, 0.15) is 23.0 Å². The highest BCUT2D eigenvalue weighted by Gasteiger charge is 2.26. The van der Waals surface area contributed by atoms with Gasteiger partial charge in [-0.1, -0.05) is 11.6 Å². The van der Waals surface area contributed by atoms with E-state index in [1.165, 1.54) is 50.6 Å². The van der Waals surface area contributed by atoms with Gasteiger partial charge in [0.15, 0.2) is 5.65 Å². The van der Waals surface area contributed by atoms with Crippen molar-refractivity contribution in [2.75, 3.05) is 24.7 Å². The zero-order chi connectivity index (χ0) is 31.3. The van der Waals surface area contributed by atoms with Crippen LogP contribution in [0.5, 0.6) is 0 Å². The highest BCUT2D eigenvalue weighted by Crippen LogP contribution is 2.42. The summed E-state index contributed by atoms with van der Waals surface area (Å²) in [5.41, 5.74) is 3.81. The first-order valence-electron chi connectivity index (χ1n) is 13.1. The summed E-state index contributed by atoms with van der Waals surface area (Å²) in [6.07, 6.45) is 2.54. The Balaban J connectivity index is 1.65. The Morgan fingerprint density at radius 2 is 1.82 bits per heavy atom. The van der Waals surface area contributed by atoms with Crippen molar-refractivity contribution in [1.29, 1.82) is 5.26 Å². The summed E-state index contributed by atoms with van der Waals surface area (Å²) >= 11 is 6.09. The lowest BCUT2D eigenvalue weighted by Crippen LogP contribution is -2.25. The molecule has 3 aromatic carbocycles. The molecule has 3 aromatic heterocycles. The van der Waals surface area contributed by atoms with Crippen LogP contribution in [0, 0.1) is 17.1 Å². The minimum atomic E-state index is -3.77. The molecule has 0 saturated carbocycles. The number of carbonyl (C=O) groups excluding carboxylic acids is 1. The molecule has 0 aliphatic carbocycles. The summed E-state index contributed by atoms with van der Waals surface area (Å²) in [5.74, 6) is -0.315. The van der Waals surface area contributed by atoms with Gasteiger partial charge < -0.3 is 14.7 Å². The Morgan fingerprint density at radius 1 is 1.09 bits per heavy atom. The summed E-state index contributed by atoms with van der Waals surface area (Å²) in [4.78, 5) is 25.1.